The fraction of sp³-hybridized carbons (Fsp3) is 0.562. The lowest BCUT2D eigenvalue weighted by Gasteiger charge is -2.38. The van der Waals surface area contributed by atoms with Gasteiger partial charge in [-0.2, -0.15) is 0 Å². The van der Waals surface area contributed by atoms with Crippen LogP contribution < -0.4 is 10.6 Å². The van der Waals surface area contributed by atoms with E-state index in [9.17, 15) is 8.42 Å². The Kier molecular flexibility index (Phi) is 7.48. The van der Waals surface area contributed by atoms with Crippen LogP contribution in [0.5, 0.6) is 0 Å². The normalized spacial score (nSPS) is 16.8. The Balaban J connectivity index is 0.00000288. The second kappa shape index (κ2) is 8.48. The van der Waals surface area contributed by atoms with Crippen molar-refractivity contribution < 1.29 is 13.2 Å². The number of hydrogen-bond donors (Lipinski definition) is 2. The van der Waals surface area contributed by atoms with Gasteiger partial charge in [0.15, 0.2) is 15.8 Å². The first-order chi connectivity index (χ1) is 10.7. The highest BCUT2D eigenvalue weighted by atomic mass is 127. The molecular formula is C16H26IN3O3S. The summed E-state index contributed by atoms with van der Waals surface area (Å²) < 4.78 is 28.5. The molecule has 1 aromatic carbocycles. The molecule has 0 radical (unpaired) electrons. The van der Waals surface area contributed by atoms with Gasteiger partial charge in [-0.15, -0.1) is 24.0 Å². The first-order valence-corrected chi connectivity index (χ1v) is 9.44. The van der Waals surface area contributed by atoms with Crippen molar-refractivity contribution in [2.75, 3.05) is 33.1 Å². The maximum Gasteiger partial charge on any atom is 0.191 e. The number of nitrogens with zero attached hydrogens (tertiary/aromatic N) is 1. The first-order valence-electron chi connectivity index (χ1n) is 7.55. The Morgan fingerprint density at radius 2 is 2.00 bits per heavy atom. The van der Waals surface area contributed by atoms with Gasteiger partial charge in [0.1, 0.15) is 0 Å². The maximum atomic E-state index is 11.6. The van der Waals surface area contributed by atoms with Crippen molar-refractivity contribution in [2.45, 2.75) is 25.3 Å². The Labute approximate surface area is 161 Å². The van der Waals surface area contributed by atoms with Crippen LogP contribution in [-0.4, -0.2) is 47.4 Å². The number of guanidine groups is 1. The van der Waals surface area contributed by atoms with Gasteiger partial charge < -0.3 is 15.4 Å². The molecule has 24 heavy (non-hydrogen) atoms. The summed E-state index contributed by atoms with van der Waals surface area (Å²) in [7, 11) is -1.45. The third-order valence-electron chi connectivity index (χ3n) is 3.91. The molecule has 0 aliphatic carbocycles. The number of nitrogens with one attached hydrogen (secondary N) is 2. The number of halogens is 1. The van der Waals surface area contributed by atoms with E-state index in [0.29, 0.717) is 11.4 Å². The van der Waals surface area contributed by atoms with Gasteiger partial charge in [-0.05, 0) is 24.1 Å². The maximum absolute atomic E-state index is 11.6. The number of benzene rings is 1. The molecule has 8 heteroatoms. The van der Waals surface area contributed by atoms with E-state index >= 15 is 0 Å². The van der Waals surface area contributed by atoms with Crippen molar-refractivity contribution in [3.8, 4) is 0 Å². The number of hydrogen-bond acceptors (Lipinski definition) is 4. The minimum atomic E-state index is -3.18. The SMILES string of the molecule is CN=C(NCc1ccc(S(C)(=O)=O)c(C)c1)NCC1(C)COC1.I. The molecule has 1 saturated heterocycles. The lowest BCUT2D eigenvalue weighted by atomic mass is 9.89. The summed E-state index contributed by atoms with van der Waals surface area (Å²) >= 11 is 0. The first kappa shape index (κ1) is 21.2. The zero-order valence-corrected chi connectivity index (χ0v) is 17.7. The van der Waals surface area contributed by atoms with Gasteiger partial charge in [-0.25, -0.2) is 8.42 Å². The van der Waals surface area contributed by atoms with Gasteiger partial charge in [0.2, 0.25) is 0 Å². The van der Waals surface area contributed by atoms with Crippen LogP contribution in [0.1, 0.15) is 18.1 Å². The summed E-state index contributed by atoms with van der Waals surface area (Å²) in [6, 6.07) is 5.37. The third kappa shape index (κ3) is 5.59. The van der Waals surface area contributed by atoms with Gasteiger partial charge in [-0.3, -0.25) is 4.99 Å². The molecule has 6 nitrogen and oxygen atoms in total. The fourth-order valence-electron chi connectivity index (χ4n) is 2.49. The third-order valence-corrected chi connectivity index (χ3v) is 5.16. The van der Waals surface area contributed by atoms with E-state index in [4.69, 9.17) is 4.74 Å². The molecule has 0 amide bonds. The lowest BCUT2D eigenvalue weighted by molar-refractivity contribution is -0.0971. The lowest BCUT2D eigenvalue weighted by Crippen LogP contribution is -2.50. The van der Waals surface area contributed by atoms with Gasteiger partial charge in [0.25, 0.3) is 0 Å². The Morgan fingerprint density at radius 3 is 2.46 bits per heavy atom. The molecule has 0 unspecified atom stereocenters. The molecule has 1 aliphatic heterocycles. The number of ether oxygens (including phenoxy) is 1. The molecule has 0 saturated carbocycles. The average molecular weight is 467 g/mol. The van der Waals surface area contributed by atoms with E-state index in [2.05, 4.69) is 22.5 Å². The summed E-state index contributed by atoms with van der Waals surface area (Å²) in [5.74, 6) is 0.725. The molecule has 0 aromatic heterocycles. The molecule has 0 atom stereocenters. The van der Waals surface area contributed by atoms with Gasteiger partial charge in [0.05, 0.1) is 18.1 Å². The molecule has 0 bridgehead atoms. The second-order valence-electron chi connectivity index (χ2n) is 6.45. The Bertz CT molecular complexity index is 701. The topological polar surface area (TPSA) is 79.8 Å². The van der Waals surface area contributed by atoms with Crippen molar-refractivity contribution in [3.63, 3.8) is 0 Å². The summed E-state index contributed by atoms with van der Waals surface area (Å²) in [5.41, 5.74) is 1.94. The summed E-state index contributed by atoms with van der Waals surface area (Å²) in [6.45, 7) is 6.90. The van der Waals surface area contributed by atoms with E-state index in [0.717, 1.165) is 36.8 Å². The van der Waals surface area contributed by atoms with E-state index in [1.165, 1.54) is 6.26 Å². The highest BCUT2D eigenvalue weighted by molar-refractivity contribution is 14.0. The molecule has 1 aromatic rings. The van der Waals surface area contributed by atoms with Gasteiger partial charge in [-0.1, -0.05) is 19.1 Å². The van der Waals surface area contributed by atoms with E-state index in [1.807, 2.05) is 19.1 Å². The van der Waals surface area contributed by atoms with Crippen molar-refractivity contribution >= 4 is 39.8 Å². The van der Waals surface area contributed by atoms with Crippen LogP contribution in [0.15, 0.2) is 28.1 Å². The van der Waals surface area contributed by atoms with Crippen molar-refractivity contribution in [3.05, 3.63) is 29.3 Å². The minimum absolute atomic E-state index is 0. The van der Waals surface area contributed by atoms with E-state index in [1.54, 1.807) is 13.1 Å². The average Bonchev–Trinajstić information content (AvgIpc) is 2.44. The van der Waals surface area contributed by atoms with Crippen LogP contribution in [-0.2, 0) is 21.1 Å². The number of aliphatic imine (C=N–C) groups is 1. The van der Waals surface area contributed by atoms with Gasteiger partial charge in [0, 0.05) is 31.8 Å². The molecular weight excluding hydrogens is 441 g/mol. The van der Waals surface area contributed by atoms with Crippen molar-refractivity contribution in [1.82, 2.24) is 10.6 Å². The molecule has 2 rings (SSSR count). The van der Waals surface area contributed by atoms with Crippen LogP contribution >= 0.6 is 24.0 Å². The monoisotopic (exact) mass is 467 g/mol. The van der Waals surface area contributed by atoms with Crippen LogP contribution in [0.4, 0.5) is 0 Å². The fourth-order valence-corrected chi connectivity index (χ4v) is 3.45. The summed E-state index contributed by atoms with van der Waals surface area (Å²) in [5, 5.41) is 6.54. The van der Waals surface area contributed by atoms with Crippen LogP contribution in [0.3, 0.4) is 0 Å². The molecule has 136 valence electrons. The highest BCUT2D eigenvalue weighted by Crippen LogP contribution is 2.24. The molecule has 1 fully saturated rings. The highest BCUT2D eigenvalue weighted by Gasteiger charge is 2.33. The molecule has 0 spiro atoms. The Hall–Kier alpha value is -0.870. The number of sulfone groups is 1. The summed E-state index contributed by atoms with van der Waals surface area (Å²) in [6.07, 6.45) is 1.23. The van der Waals surface area contributed by atoms with E-state index < -0.39 is 9.84 Å². The number of aryl methyl sites for hydroxylation is 1. The van der Waals surface area contributed by atoms with Crippen LogP contribution in [0, 0.1) is 12.3 Å². The molecule has 1 aliphatic rings. The minimum Gasteiger partial charge on any atom is -0.380 e. The largest absolute Gasteiger partial charge is 0.380 e. The van der Waals surface area contributed by atoms with Crippen molar-refractivity contribution in [1.29, 1.82) is 0 Å². The van der Waals surface area contributed by atoms with Gasteiger partial charge >= 0.3 is 0 Å². The molecule has 2 N–H and O–H groups in total. The smallest absolute Gasteiger partial charge is 0.191 e. The van der Waals surface area contributed by atoms with Crippen LogP contribution in [0.2, 0.25) is 0 Å². The standard InChI is InChI=1S/C16H25N3O3S.HI/c1-12-7-13(5-6-14(12)23(4,20)21)8-18-15(17-3)19-9-16(2)10-22-11-16;/h5-7H,8-11H2,1-4H3,(H2,17,18,19);1H. The molecule has 1 heterocycles. The zero-order chi connectivity index (χ0) is 17.1. The second-order valence-corrected chi connectivity index (χ2v) is 8.44. The zero-order valence-electron chi connectivity index (χ0n) is 14.5. The summed E-state index contributed by atoms with van der Waals surface area (Å²) in [4.78, 5) is 4.58. The Morgan fingerprint density at radius 1 is 1.33 bits per heavy atom. The predicted octanol–water partition coefficient (Wildman–Crippen LogP) is 1.72. The quantitative estimate of drug-likeness (QED) is 0.392. The van der Waals surface area contributed by atoms with E-state index in [-0.39, 0.29) is 29.4 Å². The predicted molar refractivity (Wildman–Crippen MR) is 107 cm³/mol. The van der Waals surface area contributed by atoms with Crippen LogP contribution in [0.25, 0.3) is 0 Å². The van der Waals surface area contributed by atoms with Crippen molar-refractivity contribution in [2.24, 2.45) is 10.4 Å². The number of rotatable bonds is 5.